The van der Waals surface area contributed by atoms with Crippen molar-refractivity contribution in [1.29, 1.82) is 0 Å². The lowest BCUT2D eigenvalue weighted by molar-refractivity contribution is -0.141. The van der Waals surface area contributed by atoms with Gasteiger partial charge in [0.15, 0.2) is 0 Å². The molecule has 0 saturated carbocycles. The number of imide groups is 2. The first kappa shape index (κ1) is 33.9. The zero-order valence-corrected chi connectivity index (χ0v) is 24.5. The Morgan fingerprint density at radius 2 is 1.37 bits per heavy atom. The number of carbonyl (C=O) groups excluding carboxylic acids is 6. The normalized spacial score (nSPS) is 19.6. The van der Waals surface area contributed by atoms with Crippen molar-refractivity contribution in [1.82, 2.24) is 9.80 Å². The lowest BCUT2D eigenvalue weighted by Crippen LogP contribution is -2.33. The van der Waals surface area contributed by atoms with Gasteiger partial charge >= 0.3 is 0 Å². The Balaban J connectivity index is 0.000000415. The Morgan fingerprint density at radius 3 is 1.84 bits per heavy atom. The lowest BCUT2D eigenvalue weighted by atomic mass is 10.1. The van der Waals surface area contributed by atoms with Crippen LogP contribution in [0.3, 0.4) is 0 Å². The maximum atomic E-state index is 12.2. The van der Waals surface area contributed by atoms with E-state index in [9.17, 15) is 28.8 Å². The number of nitrogens with zero attached hydrogens (tertiary/aromatic N) is 2. The summed E-state index contributed by atoms with van der Waals surface area (Å²) in [5, 5.41) is -0.334. The minimum Gasteiger partial charge on any atom is -0.385 e. The Hall–Kier alpha value is -2.11. The fourth-order valence-corrected chi connectivity index (χ4v) is 4.81. The molecule has 38 heavy (non-hydrogen) atoms. The van der Waals surface area contributed by atoms with E-state index < -0.39 is 0 Å². The van der Waals surface area contributed by atoms with E-state index >= 15 is 0 Å². The largest absolute Gasteiger partial charge is 0.385 e. The highest BCUT2D eigenvalue weighted by atomic mass is 32.2. The first-order valence-corrected chi connectivity index (χ1v) is 14.4. The maximum absolute atomic E-state index is 12.2. The molecule has 2 fully saturated rings. The Bertz CT molecular complexity index is 845. The van der Waals surface area contributed by atoms with Crippen molar-refractivity contribution < 1.29 is 38.2 Å². The van der Waals surface area contributed by atoms with Gasteiger partial charge in [-0.05, 0) is 6.42 Å². The maximum Gasteiger partial charge on any atom is 0.242 e. The van der Waals surface area contributed by atoms with E-state index in [1.165, 1.54) is 21.6 Å². The van der Waals surface area contributed by atoms with Crippen molar-refractivity contribution in [3.8, 4) is 0 Å². The highest BCUT2D eigenvalue weighted by molar-refractivity contribution is 8.00. The quantitative estimate of drug-likeness (QED) is 0.208. The van der Waals surface area contributed by atoms with Gasteiger partial charge in [0.1, 0.15) is 11.6 Å². The van der Waals surface area contributed by atoms with Gasteiger partial charge in [0.05, 0.1) is 11.9 Å². The molecule has 2 saturated heterocycles. The summed E-state index contributed by atoms with van der Waals surface area (Å²) in [6.45, 7) is 11.3. The summed E-state index contributed by atoms with van der Waals surface area (Å²) in [6.07, 6.45) is 1.88. The van der Waals surface area contributed by atoms with E-state index in [0.29, 0.717) is 25.6 Å². The van der Waals surface area contributed by atoms with E-state index in [2.05, 4.69) is 0 Å². The molecule has 11 heteroatoms. The van der Waals surface area contributed by atoms with E-state index in [4.69, 9.17) is 9.47 Å². The number of hydrogen-bond donors (Lipinski definition) is 0. The lowest BCUT2D eigenvalue weighted by Gasteiger charge is -2.15. The standard InChI is InChI=1S/C16H27NO5S.C11H17NO3/c1-12(2)13(18)5-6-17-15(19)11-14(16(17)20)23-10-9-22-8-4-7-21-3;1-7(2)9(13)4-5-12-10(14)6-8(3)11(12)15/h12,14H,4-11H2,1-3H3;7-8H,4-6H2,1-3H3. The molecular formula is C27H44N2O8S. The van der Waals surface area contributed by atoms with Crippen LogP contribution < -0.4 is 0 Å². The summed E-state index contributed by atoms with van der Waals surface area (Å²) in [7, 11) is 1.65. The van der Waals surface area contributed by atoms with Crippen LogP contribution in [0.25, 0.3) is 0 Å². The zero-order valence-electron chi connectivity index (χ0n) is 23.7. The number of thioether (sulfide) groups is 1. The molecule has 4 amide bonds. The number of amides is 4. The molecule has 0 bridgehead atoms. The number of hydrogen-bond acceptors (Lipinski definition) is 9. The number of carbonyl (C=O) groups is 6. The van der Waals surface area contributed by atoms with Crippen LogP contribution in [0.15, 0.2) is 0 Å². The molecule has 0 aromatic carbocycles. The summed E-state index contributed by atoms with van der Waals surface area (Å²) >= 11 is 1.45. The fraction of sp³-hybridized carbons (Fsp3) is 0.778. The second-order valence-corrected chi connectivity index (χ2v) is 11.4. The molecule has 0 radical (unpaired) electrons. The van der Waals surface area contributed by atoms with Gasteiger partial charge in [-0.2, -0.15) is 0 Å². The summed E-state index contributed by atoms with van der Waals surface area (Å²) < 4.78 is 10.4. The number of ketones is 2. The highest BCUT2D eigenvalue weighted by Gasteiger charge is 2.38. The van der Waals surface area contributed by atoms with Crippen LogP contribution in [0, 0.1) is 17.8 Å². The molecule has 2 rings (SSSR count). The van der Waals surface area contributed by atoms with E-state index in [-0.39, 0.29) is 97.0 Å². The predicted molar refractivity (Wildman–Crippen MR) is 144 cm³/mol. The Morgan fingerprint density at radius 1 is 0.842 bits per heavy atom. The van der Waals surface area contributed by atoms with Gasteiger partial charge < -0.3 is 9.47 Å². The molecule has 0 aromatic heterocycles. The van der Waals surface area contributed by atoms with Crippen molar-refractivity contribution in [3.05, 3.63) is 0 Å². The number of Topliss-reactive ketones (excluding diaryl/α,β-unsaturated/α-hetero) is 2. The molecule has 216 valence electrons. The number of ether oxygens (including phenoxy) is 2. The molecule has 0 aliphatic carbocycles. The molecule has 0 spiro atoms. The molecular weight excluding hydrogens is 512 g/mol. The summed E-state index contributed by atoms with van der Waals surface area (Å²) in [5.41, 5.74) is 0. The second-order valence-electron chi connectivity index (χ2n) is 10.1. The number of likely N-dealkylation sites (tertiary alicyclic amines) is 2. The molecule has 2 aliphatic rings. The van der Waals surface area contributed by atoms with Gasteiger partial charge in [0, 0.05) is 82.6 Å². The molecule has 0 aromatic rings. The molecule has 2 aliphatic heterocycles. The van der Waals surface area contributed by atoms with Crippen LogP contribution in [-0.2, 0) is 38.2 Å². The minimum atomic E-state index is -0.334. The second kappa shape index (κ2) is 17.5. The Kier molecular flexibility index (Phi) is 15.6. The van der Waals surface area contributed by atoms with E-state index in [1.54, 1.807) is 14.0 Å². The van der Waals surface area contributed by atoms with Crippen LogP contribution in [0.2, 0.25) is 0 Å². The third-order valence-corrected chi connectivity index (χ3v) is 7.48. The monoisotopic (exact) mass is 556 g/mol. The number of methoxy groups -OCH3 is 1. The average molecular weight is 557 g/mol. The third kappa shape index (κ3) is 11.3. The van der Waals surface area contributed by atoms with Gasteiger partial charge in [-0.15, -0.1) is 11.8 Å². The van der Waals surface area contributed by atoms with Crippen LogP contribution in [-0.4, -0.2) is 96.0 Å². The zero-order chi connectivity index (χ0) is 28.8. The summed E-state index contributed by atoms with van der Waals surface area (Å²) in [4.78, 5) is 72.4. The van der Waals surface area contributed by atoms with Gasteiger partial charge in [-0.1, -0.05) is 34.6 Å². The van der Waals surface area contributed by atoms with Gasteiger partial charge in [-0.25, -0.2) is 0 Å². The van der Waals surface area contributed by atoms with Gasteiger partial charge in [0.25, 0.3) is 0 Å². The topological polar surface area (TPSA) is 127 Å². The van der Waals surface area contributed by atoms with Crippen molar-refractivity contribution in [2.24, 2.45) is 17.8 Å². The molecule has 2 heterocycles. The fourth-order valence-electron chi connectivity index (χ4n) is 3.78. The first-order valence-electron chi connectivity index (χ1n) is 13.3. The minimum absolute atomic E-state index is 0.0322. The number of rotatable bonds is 16. The van der Waals surface area contributed by atoms with Crippen molar-refractivity contribution in [3.63, 3.8) is 0 Å². The highest BCUT2D eigenvalue weighted by Crippen LogP contribution is 2.25. The van der Waals surface area contributed by atoms with Gasteiger partial charge in [0.2, 0.25) is 23.6 Å². The predicted octanol–water partition coefficient (Wildman–Crippen LogP) is 2.51. The first-order chi connectivity index (χ1) is 17.9. The van der Waals surface area contributed by atoms with Crippen LogP contribution in [0.4, 0.5) is 0 Å². The van der Waals surface area contributed by atoms with Crippen LogP contribution in [0.1, 0.15) is 66.7 Å². The van der Waals surface area contributed by atoms with Crippen molar-refractivity contribution in [2.75, 3.05) is 45.8 Å². The average Bonchev–Trinajstić information content (AvgIpc) is 3.27. The van der Waals surface area contributed by atoms with E-state index in [1.807, 2.05) is 27.7 Å². The van der Waals surface area contributed by atoms with Crippen molar-refractivity contribution in [2.45, 2.75) is 72.0 Å². The van der Waals surface area contributed by atoms with E-state index in [0.717, 1.165) is 6.42 Å². The van der Waals surface area contributed by atoms with Crippen molar-refractivity contribution >= 4 is 47.0 Å². The summed E-state index contributed by atoms with van der Waals surface area (Å²) in [5.74, 6) is -0.108. The SMILES string of the molecule is CC(C)C(=O)CCN1C(=O)CC(C)C1=O.COCCCOCCSC1CC(=O)N(CCC(=O)C(C)C)C1=O. The summed E-state index contributed by atoms with van der Waals surface area (Å²) in [6, 6.07) is 0. The smallest absolute Gasteiger partial charge is 0.242 e. The van der Waals surface area contributed by atoms with Crippen LogP contribution in [0.5, 0.6) is 0 Å². The molecule has 10 nitrogen and oxygen atoms in total. The molecule has 0 N–H and O–H groups in total. The molecule has 2 unspecified atom stereocenters. The molecule has 2 atom stereocenters. The van der Waals surface area contributed by atoms with Gasteiger partial charge in [-0.3, -0.25) is 38.6 Å². The Labute approximate surface area is 230 Å². The third-order valence-electron chi connectivity index (χ3n) is 6.31. The van der Waals surface area contributed by atoms with Crippen LogP contribution >= 0.6 is 11.8 Å².